The second-order valence-corrected chi connectivity index (χ2v) is 9.28. The van der Waals surface area contributed by atoms with Crippen LogP contribution in [0.2, 0.25) is 0 Å². The van der Waals surface area contributed by atoms with E-state index in [1.54, 1.807) is 0 Å². The number of anilines is 1. The first-order valence-electron chi connectivity index (χ1n) is 12.1. The predicted octanol–water partition coefficient (Wildman–Crippen LogP) is 8.18. The fourth-order valence-electron chi connectivity index (χ4n) is 3.72. The van der Waals surface area contributed by atoms with Gasteiger partial charge in [0.25, 0.3) is 0 Å². The van der Waals surface area contributed by atoms with Crippen LogP contribution < -0.4 is 4.90 Å². The lowest BCUT2D eigenvalue weighted by molar-refractivity contribution is -0.118. The van der Waals surface area contributed by atoms with E-state index >= 15 is 0 Å². The first-order valence-corrected chi connectivity index (χ1v) is 12.9. The number of nitrogens with zero attached hydrogens (tertiary/aromatic N) is 1. The van der Waals surface area contributed by atoms with Crippen molar-refractivity contribution >= 4 is 28.5 Å². The van der Waals surface area contributed by atoms with Gasteiger partial charge in [-0.05, 0) is 25.0 Å². The van der Waals surface area contributed by atoms with Crippen molar-refractivity contribution < 1.29 is 9.59 Å². The Hall–Kier alpha value is -1.16. The second kappa shape index (κ2) is 17.7. The molecular formula is C25H43NO2S. The van der Waals surface area contributed by atoms with Crippen molar-refractivity contribution in [3.8, 4) is 0 Å². The van der Waals surface area contributed by atoms with Crippen molar-refractivity contribution in [2.45, 2.75) is 117 Å². The van der Waals surface area contributed by atoms with Gasteiger partial charge in [0, 0.05) is 13.0 Å². The summed E-state index contributed by atoms with van der Waals surface area (Å²) < 4.78 is 0. The number of unbranched alkanes of at least 4 members (excludes halogenated alkanes) is 13. The summed E-state index contributed by atoms with van der Waals surface area (Å²) in [5.74, 6) is 0.182. The van der Waals surface area contributed by atoms with Gasteiger partial charge in [-0.25, -0.2) is 0 Å². The molecule has 0 fully saturated rings. The van der Waals surface area contributed by atoms with Gasteiger partial charge in [0.05, 0.1) is 9.88 Å². The third kappa shape index (κ3) is 12.2. The SMILES string of the molecule is CCCCCCCCCCCCCCCCN(C(=O)CCC)c1ccc(C=O)s1. The molecule has 3 nitrogen and oxygen atoms in total. The van der Waals surface area contributed by atoms with E-state index in [2.05, 4.69) is 6.92 Å². The topological polar surface area (TPSA) is 37.4 Å². The number of hydrogen-bond acceptors (Lipinski definition) is 3. The Balaban J connectivity index is 2.09. The highest BCUT2D eigenvalue weighted by molar-refractivity contribution is 7.17. The lowest BCUT2D eigenvalue weighted by atomic mass is 10.0. The van der Waals surface area contributed by atoms with E-state index in [9.17, 15) is 9.59 Å². The van der Waals surface area contributed by atoms with Crippen LogP contribution >= 0.6 is 11.3 Å². The minimum absolute atomic E-state index is 0.182. The number of carbonyl (C=O) groups excluding carboxylic acids is 2. The van der Waals surface area contributed by atoms with Crippen LogP contribution in [0.3, 0.4) is 0 Å². The number of aldehydes is 1. The average molecular weight is 422 g/mol. The molecule has 1 aromatic heterocycles. The number of amides is 1. The lowest BCUT2D eigenvalue weighted by Crippen LogP contribution is -2.30. The molecule has 0 aliphatic rings. The third-order valence-electron chi connectivity index (χ3n) is 5.49. The van der Waals surface area contributed by atoms with Crippen molar-refractivity contribution in [1.29, 1.82) is 0 Å². The first-order chi connectivity index (χ1) is 14.2. The zero-order valence-electron chi connectivity index (χ0n) is 18.9. The summed E-state index contributed by atoms with van der Waals surface area (Å²) in [7, 11) is 0. The average Bonchev–Trinajstić information content (AvgIpc) is 3.20. The molecule has 0 unspecified atom stereocenters. The summed E-state index contributed by atoms with van der Waals surface area (Å²) in [6, 6.07) is 3.72. The summed E-state index contributed by atoms with van der Waals surface area (Å²) in [6.45, 7) is 5.08. The largest absolute Gasteiger partial charge is 0.304 e. The summed E-state index contributed by atoms with van der Waals surface area (Å²) >= 11 is 1.42. The molecule has 0 saturated heterocycles. The smallest absolute Gasteiger partial charge is 0.227 e. The molecular weight excluding hydrogens is 378 g/mol. The molecule has 1 aromatic rings. The van der Waals surface area contributed by atoms with Gasteiger partial charge in [-0.3, -0.25) is 9.59 Å². The van der Waals surface area contributed by atoms with E-state index in [0.29, 0.717) is 11.3 Å². The van der Waals surface area contributed by atoms with Crippen LogP contribution in [0.4, 0.5) is 5.00 Å². The van der Waals surface area contributed by atoms with Crippen LogP contribution in [-0.4, -0.2) is 18.7 Å². The zero-order chi connectivity index (χ0) is 21.2. The molecule has 1 amide bonds. The zero-order valence-corrected chi connectivity index (χ0v) is 19.7. The Kier molecular flexibility index (Phi) is 15.8. The Bertz CT molecular complexity index is 541. The Morgan fingerprint density at radius 1 is 0.793 bits per heavy atom. The van der Waals surface area contributed by atoms with Gasteiger partial charge in [-0.15, -0.1) is 11.3 Å². The summed E-state index contributed by atoms with van der Waals surface area (Å²) in [4.78, 5) is 26.0. The van der Waals surface area contributed by atoms with Crippen LogP contribution in [-0.2, 0) is 4.79 Å². The van der Waals surface area contributed by atoms with Gasteiger partial charge in [0.1, 0.15) is 0 Å². The molecule has 0 aromatic carbocycles. The van der Waals surface area contributed by atoms with E-state index in [0.717, 1.165) is 30.7 Å². The van der Waals surface area contributed by atoms with Crippen LogP contribution in [0.1, 0.15) is 126 Å². The molecule has 0 bridgehead atoms. The molecule has 4 heteroatoms. The van der Waals surface area contributed by atoms with E-state index in [-0.39, 0.29) is 5.91 Å². The molecule has 0 spiro atoms. The maximum atomic E-state index is 12.5. The molecule has 0 N–H and O–H groups in total. The minimum Gasteiger partial charge on any atom is -0.304 e. The molecule has 166 valence electrons. The van der Waals surface area contributed by atoms with Crippen LogP contribution in [0.25, 0.3) is 0 Å². The molecule has 29 heavy (non-hydrogen) atoms. The molecule has 1 heterocycles. The molecule has 0 saturated carbocycles. The van der Waals surface area contributed by atoms with Crippen LogP contribution in [0.5, 0.6) is 0 Å². The monoisotopic (exact) mass is 421 g/mol. The molecule has 0 radical (unpaired) electrons. The van der Waals surface area contributed by atoms with Gasteiger partial charge in [0.15, 0.2) is 6.29 Å². The Morgan fingerprint density at radius 2 is 1.31 bits per heavy atom. The highest BCUT2D eigenvalue weighted by Gasteiger charge is 2.16. The van der Waals surface area contributed by atoms with Crippen LogP contribution in [0.15, 0.2) is 12.1 Å². The second-order valence-electron chi connectivity index (χ2n) is 8.19. The number of carbonyl (C=O) groups is 2. The molecule has 1 rings (SSSR count). The maximum Gasteiger partial charge on any atom is 0.227 e. The first kappa shape index (κ1) is 25.9. The lowest BCUT2D eigenvalue weighted by Gasteiger charge is -2.21. The van der Waals surface area contributed by atoms with Crippen molar-refractivity contribution in [3.05, 3.63) is 17.0 Å². The highest BCUT2D eigenvalue weighted by Crippen LogP contribution is 2.26. The summed E-state index contributed by atoms with van der Waals surface area (Å²) in [6.07, 6.45) is 21.0. The van der Waals surface area contributed by atoms with Gasteiger partial charge >= 0.3 is 0 Å². The fraction of sp³-hybridized carbons (Fsp3) is 0.760. The number of rotatable bonds is 19. The number of hydrogen-bond donors (Lipinski definition) is 0. The van der Waals surface area contributed by atoms with E-state index in [1.165, 1.54) is 94.8 Å². The van der Waals surface area contributed by atoms with Crippen molar-refractivity contribution in [2.75, 3.05) is 11.4 Å². The maximum absolute atomic E-state index is 12.5. The summed E-state index contributed by atoms with van der Waals surface area (Å²) in [5, 5.41) is 0.917. The third-order valence-corrected chi connectivity index (χ3v) is 6.53. The van der Waals surface area contributed by atoms with Gasteiger partial charge in [-0.2, -0.15) is 0 Å². The highest BCUT2D eigenvalue weighted by atomic mass is 32.1. The minimum atomic E-state index is 0.182. The molecule has 0 aliphatic carbocycles. The molecule has 0 atom stereocenters. The van der Waals surface area contributed by atoms with Crippen molar-refractivity contribution in [3.63, 3.8) is 0 Å². The summed E-state index contributed by atoms with van der Waals surface area (Å²) in [5.41, 5.74) is 0. The van der Waals surface area contributed by atoms with E-state index < -0.39 is 0 Å². The van der Waals surface area contributed by atoms with Gasteiger partial charge < -0.3 is 4.90 Å². The Labute approximate surface area is 183 Å². The van der Waals surface area contributed by atoms with Crippen molar-refractivity contribution in [2.24, 2.45) is 0 Å². The fourth-order valence-corrected chi connectivity index (χ4v) is 4.59. The normalized spacial score (nSPS) is 11.0. The molecule has 0 aliphatic heterocycles. The predicted molar refractivity (Wildman–Crippen MR) is 127 cm³/mol. The van der Waals surface area contributed by atoms with Gasteiger partial charge in [-0.1, -0.05) is 97.3 Å². The van der Waals surface area contributed by atoms with Gasteiger partial charge in [0.2, 0.25) is 5.91 Å². The standard InChI is InChI=1S/C25H43NO2S/c1-3-5-6-7-8-9-10-11-12-13-14-15-16-17-21-26(24(28)18-4-2)25-20-19-23(22-27)29-25/h19-20,22H,3-18,21H2,1-2H3. The quantitative estimate of drug-likeness (QED) is 0.167. The van der Waals surface area contributed by atoms with Crippen LogP contribution in [0, 0.1) is 0 Å². The van der Waals surface area contributed by atoms with E-state index in [1.807, 2.05) is 24.0 Å². The Morgan fingerprint density at radius 3 is 1.76 bits per heavy atom. The van der Waals surface area contributed by atoms with Crippen molar-refractivity contribution in [1.82, 2.24) is 0 Å². The number of thiophene rings is 1. The van der Waals surface area contributed by atoms with E-state index in [4.69, 9.17) is 0 Å².